The van der Waals surface area contributed by atoms with Crippen LogP contribution >= 0.6 is 0 Å². The summed E-state index contributed by atoms with van der Waals surface area (Å²) in [5.74, 6) is -0.292. The summed E-state index contributed by atoms with van der Waals surface area (Å²) in [4.78, 5) is 2.12. The van der Waals surface area contributed by atoms with E-state index in [4.69, 9.17) is 4.74 Å². The van der Waals surface area contributed by atoms with E-state index in [1.165, 1.54) is 12.1 Å². The molecule has 1 aliphatic rings. The van der Waals surface area contributed by atoms with Gasteiger partial charge >= 0.3 is 0 Å². The molecule has 2 atom stereocenters. The van der Waals surface area contributed by atoms with Crippen LogP contribution in [0.25, 0.3) is 0 Å². The molecule has 1 aromatic rings. The van der Waals surface area contributed by atoms with Gasteiger partial charge in [0.25, 0.3) is 0 Å². The van der Waals surface area contributed by atoms with Crippen LogP contribution in [-0.2, 0) is 10.3 Å². The van der Waals surface area contributed by atoms with Crippen LogP contribution in [0.3, 0.4) is 0 Å². The Morgan fingerprint density at radius 3 is 2.65 bits per heavy atom. The molecule has 94 valence electrons. The van der Waals surface area contributed by atoms with Crippen LogP contribution in [0.2, 0.25) is 0 Å². The summed E-state index contributed by atoms with van der Waals surface area (Å²) in [5.41, 5.74) is -0.298. The fourth-order valence-corrected chi connectivity index (χ4v) is 2.39. The Kier molecular flexibility index (Phi) is 3.47. The normalized spacial score (nSPS) is 30.5. The van der Waals surface area contributed by atoms with Gasteiger partial charge in [0.15, 0.2) is 0 Å². The quantitative estimate of drug-likeness (QED) is 0.846. The van der Waals surface area contributed by atoms with Gasteiger partial charge in [-0.2, -0.15) is 0 Å². The zero-order chi connectivity index (χ0) is 12.5. The van der Waals surface area contributed by atoms with E-state index in [2.05, 4.69) is 4.90 Å². The number of hydrogen-bond donors (Lipinski definition) is 1. The Morgan fingerprint density at radius 2 is 2.06 bits per heavy atom. The average molecular weight is 239 g/mol. The molecule has 2 rings (SSSR count). The maximum Gasteiger partial charge on any atom is 0.123 e. The Morgan fingerprint density at radius 1 is 1.41 bits per heavy atom. The van der Waals surface area contributed by atoms with E-state index in [9.17, 15) is 9.50 Å². The van der Waals surface area contributed by atoms with E-state index in [0.717, 1.165) is 12.1 Å². The van der Waals surface area contributed by atoms with Crippen molar-refractivity contribution >= 4 is 0 Å². The first-order chi connectivity index (χ1) is 8.06. The van der Waals surface area contributed by atoms with Gasteiger partial charge < -0.3 is 14.7 Å². The molecule has 0 aliphatic carbocycles. The van der Waals surface area contributed by atoms with Crippen molar-refractivity contribution in [3.8, 4) is 0 Å². The molecule has 0 amide bonds. The first kappa shape index (κ1) is 12.5. The number of likely N-dealkylation sites (tertiary alicyclic amines) is 1. The van der Waals surface area contributed by atoms with E-state index in [-0.39, 0.29) is 11.9 Å². The number of aliphatic hydroxyl groups is 1. The minimum atomic E-state index is -1.02. The highest BCUT2D eigenvalue weighted by molar-refractivity contribution is 5.25. The van der Waals surface area contributed by atoms with Crippen LogP contribution in [0.15, 0.2) is 24.3 Å². The van der Waals surface area contributed by atoms with Crippen molar-refractivity contribution in [1.82, 2.24) is 4.90 Å². The van der Waals surface area contributed by atoms with Crippen LogP contribution < -0.4 is 0 Å². The second-order valence-electron chi connectivity index (χ2n) is 4.67. The number of likely N-dealkylation sites (N-methyl/N-ethyl adjacent to an activating group) is 1. The average Bonchev–Trinajstić information content (AvgIpc) is 2.33. The Hall–Kier alpha value is -0.970. The van der Waals surface area contributed by atoms with Gasteiger partial charge in [-0.3, -0.25) is 0 Å². The second kappa shape index (κ2) is 4.72. The minimum Gasteiger partial charge on any atom is -0.382 e. The molecule has 1 aliphatic heterocycles. The highest BCUT2D eigenvalue weighted by Crippen LogP contribution is 2.34. The molecule has 4 heteroatoms. The monoisotopic (exact) mass is 239 g/mol. The van der Waals surface area contributed by atoms with Crippen LogP contribution in [0.5, 0.6) is 0 Å². The van der Waals surface area contributed by atoms with Crippen molar-refractivity contribution in [3.05, 3.63) is 35.6 Å². The molecule has 2 unspecified atom stereocenters. The van der Waals surface area contributed by atoms with Crippen molar-refractivity contribution in [2.45, 2.75) is 18.1 Å². The molecule has 0 aromatic heterocycles. The fraction of sp³-hybridized carbons (Fsp3) is 0.538. The summed E-state index contributed by atoms with van der Waals surface area (Å²) in [6.45, 7) is 1.47. The minimum absolute atomic E-state index is 0.285. The molecule has 0 saturated carbocycles. The Balaban J connectivity index is 2.30. The SMILES string of the molecule is COC1CN(C)CCC1(O)c1ccc(F)cc1. The van der Waals surface area contributed by atoms with Crippen LogP contribution in [0.1, 0.15) is 12.0 Å². The summed E-state index contributed by atoms with van der Waals surface area (Å²) in [5, 5.41) is 10.7. The lowest BCUT2D eigenvalue weighted by Crippen LogP contribution is -2.53. The van der Waals surface area contributed by atoms with Crippen molar-refractivity contribution < 1.29 is 14.2 Å². The maximum absolute atomic E-state index is 12.9. The third-order valence-corrected chi connectivity index (χ3v) is 3.51. The number of nitrogens with zero attached hydrogens (tertiary/aromatic N) is 1. The lowest BCUT2D eigenvalue weighted by atomic mass is 9.82. The number of halogens is 1. The van der Waals surface area contributed by atoms with E-state index in [0.29, 0.717) is 13.0 Å². The van der Waals surface area contributed by atoms with Gasteiger partial charge in [-0.25, -0.2) is 4.39 Å². The van der Waals surface area contributed by atoms with Crippen molar-refractivity contribution in [2.24, 2.45) is 0 Å². The molecular formula is C13H18FNO2. The summed E-state index contributed by atoms with van der Waals surface area (Å²) in [6, 6.07) is 6.01. The van der Waals surface area contributed by atoms with Crippen molar-refractivity contribution in [3.63, 3.8) is 0 Å². The number of hydrogen-bond acceptors (Lipinski definition) is 3. The number of piperidine rings is 1. The van der Waals surface area contributed by atoms with E-state index < -0.39 is 5.60 Å². The van der Waals surface area contributed by atoms with Gasteiger partial charge in [0.05, 0.1) is 0 Å². The topological polar surface area (TPSA) is 32.7 Å². The number of methoxy groups -OCH3 is 1. The molecule has 0 spiro atoms. The summed E-state index contributed by atoms with van der Waals surface area (Å²) in [7, 11) is 3.59. The lowest BCUT2D eigenvalue weighted by molar-refractivity contribution is -0.136. The zero-order valence-corrected chi connectivity index (χ0v) is 10.2. The molecule has 17 heavy (non-hydrogen) atoms. The molecular weight excluding hydrogens is 221 g/mol. The highest BCUT2D eigenvalue weighted by atomic mass is 19.1. The standard InChI is InChI=1S/C13H18FNO2/c1-15-8-7-13(16,12(9-15)17-2)10-3-5-11(14)6-4-10/h3-6,12,16H,7-9H2,1-2H3. The second-order valence-corrected chi connectivity index (χ2v) is 4.67. The van der Waals surface area contributed by atoms with Gasteiger partial charge in [-0.1, -0.05) is 12.1 Å². The Labute approximate surface area is 101 Å². The first-order valence-electron chi connectivity index (χ1n) is 5.76. The molecule has 0 bridgehead atoms. The van der Waals surface area contributed by atoms with Gasteiger partial charge in [0, 0.05) is 20.2 Å². The molecule has 1 heterocycles. The summed E-state index contributed by atoms with van der Waals surface area (Å²) < 4.78 is 18.3. The molecule has 3 nitrogen and oxygen atoms in total. The lowest BCUT2D eigenvalue weighted by Gasteiger charge is -2.42. The van der Waals surface area contributed by atoms with Crippen LogP contribution in [0, 0.1) is 5.82 Å². The number of ether oxygens (including phenoxy) is 1. The predicted octanol–water partition coefficient (Wildman–Crippen LogP) is 1.36. The maximum atomic E-state index is 12.9. The Bertz CT molecular complexity index is 382. The van der Waals surface area contributed by atoms with Gasteiger partial charge in [-0.15, -0.1) is 0 Å². The smallest absolute Gasteiger partial charge is 0.123 e. The third-order valence-electron chi connectivity index (χ3n) is 3.51. The van der Waals surface area contributed by atoms with Gasteiger partial charge in [-0.05, 0) is 31.2 Å². The zero-order valence-electron chi connectivity index (χ0n) is 10.2. The highest BCUT2D eigenvalue weighted by Gasteiger charge is 2.42. The van der Waals surface area contributed by atoms with Crippen LogP contribution in [0.4, 0.5) is 4.39 Å². The van der Waals surface area contributed by atoms with Crippen molar-refractivity contribution in [1.29, 1.82) is 0 Å². The third kappa shape index (κ3) is 2.34. The van der Waals surface area contributed by atoms with E-state index >= 15 is 0 Å². The largest absolute Gasteiger partial charge is 0.382 e. The van der Waals surface area contributed by atoms with Crippen LogP contribution in [-0.4, -0.2) is 43.4 Å². The van der Waals surface area contributed by atoms with Gasteiger partial charge in [0.2, 0.25) is 0 Å². The molecule has 1 fully saturated rings. The predicted molar refractivity (Wildman–Crippen MR) is 63.2 cm³/mol. The molecule has 1 aromatic carbocycles. The number of rotatable bonds is 2. The number of benzene rings is 1. The first-order valence-corrected chi connectivity index (χ1v) is 5.76. The molecule has 1 N–H and O–H groups in total. The fourth-order valence-electron chi connectivity index (χ4n) is 2.39. The summed E-state index contributed by atoms with van der Waals surface area (Å²) in [6.07, 6.45) is 0.305. The van der Waals surface area contributed by atoms with Gasteiger partial charge in [0.1, 0.15) is 17.5 Å². The van der Waals surface area contributed by atoms with Crippen molar-refractivity contribution in [2.75, 3.05) is 27.2 Å². The van der Waals surface area contributed by atoms with E-state index in [1.54, 1.807) is 19.2 Å². The van der Waals surface area contributed by atoms with E-state index in [1.807, 2.05) is 7.05 Å². The molecule has 1 saturated heterocycles. The molecule has 0 radical (unpaired) electrons. The summed E-state index contributed by atoms with van der Waals surface area (Å²) >= 11 is 0.